The van der Waals surface area contributed by atoms with E-state index in [-0.39, 0.29) is 6.04 Å². The van der Waals surface area contributed by atoms with Crippen LogP contribution in [0.5, 0.6) is 5.75 Å². The van der Waals surface area contributed by atoms with Crippen molar-refractivity contribution in [1.29, 1.82) is 0 Å². The lowest BCUT2D eigenvalue weighted by Gasteiger charge is -2.24. The Bertz CT molecular complexity index is 553. The molecule has 2 heterocycles. The number of fused-ring (bicyclic) bond motifs is 1. The topological polar surface area (TPSA) is 62.8 Å². The lowest BCUT2D eigenvalue weighted by Crippen LogP contribution is -2.26. The van der Waals surface area contributed by atoms with Crippen LogP contribution in [0.15, 0.2) is 24.5 Å². The van der Waals surface area contributed by atoms with E-state index in [1.807, 2.05) is 0 Å². The highest BCUT2D eigenvalue weighted by Crippen LogP contribution is 2.34. The van der Waals surface area contributed by atoms with Gasteiger partial charge in [-0.05, 0) is 31.4 Å². The summed E-state index contributed by atoms with van der Waals surface area (Å²) < 4.78 is 5.91. The summed E-state index contributed by atoms with van der Waals surface area (Å²) >= 11 is 0. The third-order valence-electron chi connectivity index (χ3n) is 3.58. The number of aromatic amines is 1. The van der Waals surface area contributed by atoms with Crippen LogP contribution in [0.3, 0.4) is 0 Å². The van der Waals surface area contributed by atoms with Crippen LogP contribution in [-0.4, -0.2) is 28.3 Å². The smallest absolute Gasteiger partial charge is 0.146 e. The van der Waals surface area contributed by atoms with Crippen LogP contribution in [-0.2, 0) is 6.42 Å². The first kappa shape index (κ1) is 13.1. The second-order valence-corrected chi connectivity index (χ2v) is 5.05. The summed E-state index contributed by atoms with van der Waals surface area (Å²) in [5.74, 6) is 1.85. The van der Waals surface area contributed by atoms with Gasteiger partial charge < -0.3 is 10.1 Å². The summed E-state index contributed by atoms with van der Waals surface area (Å²) in [5, 5.41) is 10.5. The Kier molecular flexibility index (Phi) is 3.97. The van der Waals surface area contributed by atoms with Crippen molar-refractivity contribution in [3.8, 4) is 5.75 Å². The Morgan fingerprint density at radius 3 is 3.20 bits per heavy atom. The van der Waals surface area contributed by atoms with E-state index < -0.39 is 0 Å². The summed E-state index contributed by atoms with van der Waals surface area (Å²) in [6.07, 6.45) is 4.79. The fraction of sp³-hybridized carbons (Fsp3) is 0.467. The normalized spacial score (nSPS) is 15.4. The molecule has 5 heteroatoms. The van der Waals surface area contributed by atoms with E-state index in [9.17, 15) is 0 Å². The molecule has 106 valence electrons. The van der Waals surface area contributed by atoms with E-state index in [1.165, 1.54) is 5.56 Å². The van der Waals surface area contributed by atoms with Gasteiger partial charge in [-0.15, -0.1) is 0 Å². The predicted octanol–water partition coefficient (Wildman–Crippen LogP) is 2.22. The van der Waals surface area contributed by atoms with Gasteiger partial charge in [0.05, 0.1) is 12.6 Å². The number of benzene rings is 1. The minimum Gasteiger partial charge on any atom is -0.493 e. The van der Waals surface area contributed by atoms with Gasteiger partial charge >= 0.3 is 0 Å². The maximum atomic E-state index is 5.91. The molecule has 1 aromatic carbocycles. The SMILES string of the molecule is CCCNC(c1ncn[nH]1)c1cccc2c1OCCC2. The van der Waals surface area contributed by atoms with Gasteiger partial charge in [-0.3, -0.25) is 5.10 Å². The Morgan fingerprint density at radius 1 is 1.45 bits per heavy atom. The van der Waals surface area contributed by atoms with Crippen LogP contribution in [0.2, 0.25) is 0 Å². The minimum absolute atomic E-state index is 0.00509. The molecule has 0 bridgehead atoms. The van der Waals surface area contributed by atoms with E-state index in [4.69, 9.17) is 4.74 Å². The van der Waals surface area contributed by atoms with Crippen LogP contribution in [0, 0.1) is 0 Å². The van der Waals surface area contributed by atoms with Crippen molar-refractivity contribution in [2.75, 3.05) is 13.2 Å². The molecule has 1 aliphatic heterocycles. The monoisotopic (exact) mass is 272 g/mol. The Balaban J connectivity index is 1.98. The zero-order valence-electron chi connectivity index (χ0n) is 11.7. The molecular formula is C15H20N4O. The quantitative estimate of drug-likeness (QED) is 0.876. The first-order valence-electron chi connectivity index (χ1n) is 7.23. The number of aromatic nitrogens is 3. The van der Waals surface area contributed by atoms with Crippen LogP contribution < -0.4 is 10.1 Å². The second kappa shape index (κ2) is 6.05. The molecule has 0 fully saturated rings. The fourth-order valence-electron chi connectivity index (χ4n) is 2.64. The van der Waals surface area contributed by atoms with Crippen molar-refractivity contribution in [2.45, 2.75) is 32.2 Å². The lowest BCUT2D eigenvalue weighted by molar-refractivity contribution is 0.282. The van der Waals surface area contributed by atoms with Gasteiger partial charge in [-0.2, -0.15) is 5.10 Å². The first-order chi connectivity index (χ1) is 9.90. The molecule has 1 atom stereocenters. The standard InChI is InChI=1S/C15H20N4O/c1-2-8-16-13(15-17-10-18-19-15)12-7-3-5-11-6-4-9-20-14(11)12/h3,5,7,10,13,16H,2,4,6,8-9H2,1H3,(H,17,18,19). The van der Waals surface area contributed by atoms with Crippen LogP contribution in [0.4, 0.5) is 0 Å². The highest BCUT2D eigenvalue weighted by molar-refractivity contribution is 5.46. The summed E-state index contributed by atoms with van der Waals surface area (Å²) in [4.78, 5) is 4.31. The number of aryl methyl sites for hydroxylation is 1. The van der Waals surface area contributed by atoms with Crippen molar-refractivity contribution in [2.24, 2.45) is 0 Å². The largest absolute Gasteiger partial charge is 0.493 e. The number of H-pyrrole nitrogens is 1. The number of ether oxygens (including phenoxy) is 1. The number of hydrogen-bond donors (Lipinski definition) is 2. The summed E-state index contributed by atoms with van der Waals surface area (Å²) in [7, 11) is 0. The van der Waals surface area contributed by atoms with E-state index in [0.29, 0.717) is 0 Å². The third kappa shape index (κ3) is 2.54. The van der Waals surface area contributed by atoms with Gasteiger partial charge in [0.2, 0.25) is 0 Å². The summed E-state index contributed by atoms with van der Waals surface area (Å²) in [6, 6.07) is 6.36. The molecular weight excluding hydrogens is 252 g/mol. The molecule has 1 unspecified atom stereocenters. The third-order valence-corrected chi connectivity index (χ3v) is 3.58. The zero-order valence-corrected chi connectivity index (χ0v) is 11.7. The van der Waals surface area contributed by atoms with Crippen LogP contribution >= 0.6 is 0 Å². The van der Waals surface area contributed by atoms with Crippen molar-refractivity contribution < 1.29 is 4.74 Å². The van der Waals surface area contributed by atoms with E-state index in [1.54, 1.807) is 6.33 Å². The van der Waals surface area contributed by atoms with Crippen molar-refractivity contribution in [1.82, 2.24) is 20.5 Å². The molecule has 2 aromatic rings. The number of rotatable bonds is 5. The Labute approximate surface area is 118 Å². The zero-order chi connectivity index (χ0) is 13.8. The van der Waals surface area contributed by atoms with E-state index in [0.717, 1.165) is 49.6 Å². The van der Waals surface area contributed by atoms with Crippen molar-refractivity contribution in [3.63, 3.8) is 0 Å². The molecule has 0 saturated heterocycles. The first-order valence-corrected chi connectivity index (χ1v) is 7.23. The van der Waals surface area contributed by atoms with Crippen LogP contribution in [0.1, 0.15) is 42.8 Å². The molecule has 1 aliphatic rings. The minimum atomic E-state index is 0.00509. The molecule has 2 N–H and O–H groups in total. The summed E-state index contributed by atoms with van der Waals surface area (Å²) in [6.45, 7) is 3.87. The van der Waals surface area contributed by atoms with Crippen molar-refractivity contribution >= 4 is 0 Å². The maximum absolute atomic E-state index is 5.91. The summed E-state index contributed by atoms with van der Waals surface area (Å²) in [5.41, 5.74) is 2.43. The maximum Gasteiger partial charge on any atom is 0.146 e. The fourth-order valence-corrected chi connectivity index (χ4v) is 2.64. The molecule has 3 rings (SSSR count). The molecule has 0 saturated carbocycles. The Hall–Kier alpha value is -1.88. The average molecular weight is 272 g/mol. The van der Waals surface area contributed by atoms with Crippen molar-refractivity contribution in [3.05, 3.63) is 41.5 Å². The Morgan fingerprint density at radius 2 is 2.40 bits per heavy atom. The van der Waals surface area contributed by atoms with Crippen LogP contribution in [0.25, 0.3) is 0 Å². The highest BCUT2D eigenvalue weighted by atomic mass is 16.5. The molecule has 0 spiro atoms. The second-order valence-electron chi connectivity index (χ2n) is 5.05. The molecule has 0 radical (unpaired) electrons. The number of hydrogen-bond acceptors (Lipinski definition) is 4. The number of nitrogens with zero attached hydrogens (tertiary/aromatic N) is 2. The van der Waals surface area contributed by atoms with Gasteiger partial charge in [-0.1, -0.05) is 25.1 Å². The van der Waals surface area contributed by atoms with E-state index in [2.05, 4.69) is 45.6 Å². The van der Waals surface area contributed by atoms with Gasteiger partial charge in [0, 0.05) is 5.56 Å². The van der Waals surface area contributed by atoms with Gasteiger partial charge in [0.15, 0.2) is 0 Å². The average Bonchev–Trinajstić information content (AvgIpc) is 3.02. The highest BCUT2D eigenvalue weighted by Gasteiger charge is 2.23. The lowest BCUT2D eigenvalue weighted by atomic mass is 9.97. The number of nitrogens with one attached hydrogen (secondary N) is 2. The van der Waals surface area contributed by atoms with Gasteiger partial charge in [-0.25, -0.2) is 4.98 Å². The van der Waals surface area contributed by atoms with E-state index >= 15 is 0 Å². The predicted molar refractivity (Wildman–Crippen MR) is 76.8 cm³/mol. The molecule has 20 heavy (non-hydrogen) atoms. The molecule has 5 nitrogen and oxygen atoms in total. The van der Waals surface area contributed by atoms with Gasteiger partial charge in [0.25, 0.3) is 0 Å². The molecule has 0 aliphatic carbocycles. The van der Waals surface area contributed by atoms with Gasteiger partial charge in [0.1, 0.15) is 17.9 Å². The molecule has 0 amide bonds. The number of para-hydroxylation sites is 1. The molecule has 1 aromatic heterocycles.